The van der Waals surface area contributed by atoms with Crippen LogP contribution in [0.25, 0.3) is 0 Å². The average Bonchev–Trinajstić information content (AvgIpc) is 2.78. The number of carbonyl (C=O) groups excluding carboxylic acids is 1. The zero-order valence-corrected chi connectivity index (χ0v) is 17.6. The van der Waals surface area contributed by atoms with Crippen LogP contribution in [-0.2, 0) is 23.4 Å². The maximum atomic E-state index is 12.9. The Labute approximate surface area is 170 Å². The van der Waals surface area contributed by atoms with E-state index in [9.17, 15) is 31.2 Å². The number of carbonyl (C=O) groups is 1. The lowest BCUT2D eigenvalue weighted by Gasteiger charge is -2.21. The molecule has 29 heavy (non-hydrogen) atoms. The summed E-state index contributed by atoms with van der Waals surface area (Å²) in [4.78, 5) is 25.6. The quantitative estimate of drug-likeness (QED) is 0.677. The smallest absolute Gasteiger partial charge is 0.299 e. The molecular weight excluding hydrogens is 435 g/mol. The minimum Gasteiger partial charge on any atom is -0.299 e. The molecular formula is C17H19ClF3N3O4S. The van der Waals surface area contributed by atoms with E-state index in [-0.39, 0.29) is 32.3 Å². The third kappa shape index (κ3) is 5.09. The number of nitrogens with zero attached hydrogens (tertiary/aromatic N) is 2. The van der Waals surface area contributed by atoms with E-state index in [4.69, 9.17) is 11.6 Å². The molecule has 0 aliphatic heterocycles. The monoisotopic (exact) mass is 453 g/mol. The number of aryl methyl sites for hydroxylation is 2. The zero-order valence-electron chi connectivity index (χ0n) is 16.0. The second kappa shape index (κ2) is 7.96. The molecule has 0 radical (unpaired) electrons. The fourth-order valence-electron chi connectivity index (χ4n) is 2.99. The van der Waals surface area contributed by atoms with Crippen molar-refractivity contribution in [2.24, 2.45) is 7.05 Å². The van der Waals surface area contributed by atoms with Crippen LogP contribution >= 0.6 is 11.6 Å². The van der Waals surface area contributed by atoms with Gasteiger partial charge in [0.05, 0.1) is 16.5 Å². The van der Waals surface area contributed by atoms with Gasteiger partial charge in [-0.05, 0) is 26.1 Å². The van der Waals surface area contributed by atoms with Crippen molar-refractivity contribution in [1.29, 1.82) is 0 Å². The highest BCUT2D eigenvalue weighted by Gasteiger charge is 2.31. The molecule has 1 N–H and O–H groups in total. The molecule has 0 saturated heterocycles. The van der Waals surface area contributed by atoms with Crippen molar-refractivity contribution in [3.63, 3.8) is 0 Å². The summed E-state index contributed by atoms with van der Waals surface area (Å²) in [7, 11) is -1.28. The van der Waals surface area contributed by atoms with Gasteiger partial charge >= 0.3 is 6.18 Å². The molecule has 7 nitrogen and oxygen atoms in total. The summed E-state index contributed by atoms with van der Waals surface area (Å²) in [5, 5.41) is 2.35. The van der Waals surface area contributed by atoms with Crippen molar-refractivity contribution in [3.8, 4) is 0 Å². The average molecular weight is 454 g/mol. The maximum Gasteiger partial charge on any atom is 0.401 e. The molecule has 0 atom stereocenters. The third-order valence-corrected chi connectivity index (χ3v) is 5.79. The number of alkyl halides is 3. The molecule has 0 aliphatic carbocycles. The topological polar surface area (TPSA) is 92.2 Å². The Morgan fingerprint density at radius 2 is 1.90 bits per heavy atom. The molecule has 0 aliphatic rings. The van der Waals surface area contributed by atoms with Gasteiger partial charge < -0.3 is 0 Å². The van der Waals surface area contributed by atoms with E-state index >= 15 is 0 Å². The van der Waals surface area contributed by atoms with E-state index in [1.54, 1.807) is 0 Å². The molecule has 2 aromatic rings. The number of halogens is 4. The van der Waals surface area contributed by atoms with Gasteiger partial charge in [0.2, 0.25) is 5.78 Å². The second-order valence-corrected chi connectivity index (χ2v) is 9.13. The fourth-order valence-corrected chi connectivity index (χ4v) is 4.29. The van der Waals surface area contributed by atoms with E-state index < -0.39 is 40.4 Å². The molecule has 0 unspecified atom stereocenters. The van der Waals surface area contributed by atoms with Crippen LogP contribution in [0.15, 0.2) is 21.8 Å². The Bertz CT molecular complexity index is 1120. The Morgan fingerprint density at radius 3 is 2.34 bits per heavy atom. The van der Waals surface area contributed by atoms with Gasteiger partial charge in [-0.1, -0.05) is 11.6 Å². The van der Waals surface area contributed by atoms with Crippen LogP contribution in [0.1, 0.15) is 27.2 Å². The SMILES string of the molecule is Cc1[nH]n(C)c(=O)c1C(=O)c1ccc(S(C)(=O)=O)c(CN(C)CC(F)(F)F)c1Cl. The van der Waals surface area contributed by atoms with Gasteiger partial charge in [0.1, 0.15) is 5.56 Å². The molecule has 160 valence electrons. The van der Waals surface area contributed by atoms with Crippen LogP contribution < -0.4 is 5.56 Å². The lowest BCUT2D eigenvalue weighted by Crippen LogP contribution is -2.31. The first kappa shape index (κ1) is 23.2. The van der Waals surface area contributed by atoms with Gasteiger partial charge in [0.15, 0.2) is 9.84 Å². The second-order valence-electron chi connectivity index (χ2n) is 6.77. The highest BCUT2D eigenvalue weighted by atomic mass is 35.5. The molecule has 2 rings (SSSR count). The minimum atomic E-state index is -4.51. The molecule has 0 saturated carbocycles. The molecule has 12 heteroatoms. The Balaban J connectivity index is 2.62. The summed E-state index contributed by atoms with van der Waals surface area (Å²) in [6.45, 7) is -0.264. The van der Waals surface area contributed by atoms with Crippen molar-refractivity contribution in [3.05, 3.63) is 49.9 Å². The van der Waals surface area contributed by atoms with Crippen LogP contribution in [0.3, 0.4) is 0 Å². The standard InChI is InChI=1S/C17H19ClF3N3O4S/c1-9-13(16(26)24(3)22-9)15(25)10-5-6-12(29(4,27)28)11(14(10)18)7-23(2)8-17(19,20)21/h5-6,22H,7-8H2,1-4H3. The Hall–Kier alpha value is -2.11. The predicted octanol–water partition coefficient (Wildman–Crippen LogP) is 2.30. The van der Waals surface area contributed by atoms with Gasteiger partial charge in [0, 0.05) is 36.7 Å². The van der Waals surface area contributed by atoms with E-state index in [0.29, 0.717) is 0 Å². The van der Waals surface area contributed by atoms with Crippen LogP contribution in [0, 0.1) is 6.92 Å². The van der Waals surface area contributed by atoms with Crippen LogP contribution in [0.2, 0.25) is 5.02 Å². The first-order valence-electron chi connectivity index (χ1n) is 8.20. The number of hydrogen-bond donors (Lipinski definition) is 1. The van der Waals surface area contributed by atoms with E-state index in [2.05, 4.69) is 5.10 Å². The molecule has 0 amide bonds. The predicted molar refractivity (Wildman–Crippen MR) is 101 cm³/mol. The number of benzene rings is 1. The van der Waals surface area contributed by atoms with Gasteiger partial charge in [-0.25, -0.2) is 8.42 Å². The van der Waals surface area contributed by atoms with Gasteiger partial charge in [-0.2, -0.15) is 13.2 Å². The van der Waals surface area contributed by atoms with Gasteiger partial charge in [0.25, 0.3) is 5.56 Å². The number of ketones is 1. The van der Waals surface area contributed by atoms with Crippen LogP contribution in [0.5, 0.6) is 0 Å². The van der Waals surface area contributed by atoms with Gasteiger partial charge in [-0.3, -0.25) is 24.3 Å². The maximum absolute atomic E-state index is 12.9. The van der Waals surface area contributed by atoms with E-state index in [1.165, 1.54) is 14.0 Å². The Kier molecular flexibility index (Phi) is 6.36. The third-order valence-electron chi connectivity index (χ3n) is 4.18. The van der Waals surface area contributed by atoms with Crippen molar-refractivity contribution in [2.45, 2.75) is 24.5 Å². The zero-order chi connectivity index (χ0) is 22.3. The first-order chi connectivity index (χ1) is 13.1. The fraction of sp³-hybridized carbons (Fsp3) is 0.412. The van der Waals surface area contributed by atoms with E-state index in [0.717, 1.165) is 35.0 Å². The lowest BCUT2D eigenvalue weighted by molar-refractivity contribution is -0.144. The minimum absolute atomic E-state index is 0.142. The lowest BCUT2D eigenvalue weighted by atomic mass is 10.0. The first-order valence-corrected chi connectivity index (χ1v) is 10.5. The van der Waals surface area contributed by atoms with Crippen LogP contribution in [-0.4, -0.2) is 54.9 Å². The summed E-state index contributed by atoms with van der Waals surface area (Å²) in [5.74, 6) is -0.755. The summed E-state index contributed by atoms with van der Waals surface area (Å²) in [5.41, 5.74) is -0.824. The van der Waals surface area contributed by atoms with Crippen molar-refractivity contribution in [1.82, 2.24) is 14.7 Å². The summed E-state index contributed by atoms with van der Waals surface area (Å²) < 4.78 is 63.3. The Morgan fingerprint density at radius 1 is 1.31 bits per heavy atom. The number of aromatic nitrogens is 2. The molecule has 0 fully saturated rings. The number of rotatable bonds is 6. The van der Waals surface area contributed by atoms with Crippen molar-refractivity contribution < 1.29 is 26.4 Å². The van der Waals surface area contributed by atoms with Crippen molar-refractivity contribution >= 4 is 27.2 Å². The number of hydrogen-bond acceptors (Lipinski definition) is 5. The number of aromatic amines is 1. The highest BCUT2D eigenvalue weighted by Crippen LogP contribution is 2.31. The summed E-state index contributed by atoms with van der Waals surface area (Å²) in [6, 6.07) is 2.26. The molecule has 1 aromatic heterocycles. The number of H-pyrrole nitrogens is 1. The van der Waals surface area contributed by atoms with Crippen molar-refractivity contribution in [2.75, 3.05) is 19.8 Å². The summed E-state index contributed by atoms with van der Waals surface area (Å²) in [6.07, 6.45) is -3.62. The number of nitrogens with one attached hydrogen (secondary N) is 1. The number of sulfone groups is 1. The summed E-state index contributed by atoms with van der Waals surface area (Å²) >= 11 is 6.28. The highest BCUT2D eigenvalue weighted by molar-refractivity contribution is 7.90. The van der Waals surface area contributed by atoms with Gasteiger partial charge in [-0.15, -0.1) is 0 Å². The largest absolute Gasteiger partial charge is 0.401 e. The molecule has 0 spiro atoms. The van der Waals surface area contributed by atoms with Crippen LogP contribution in [0.4, 0.5) is 13.2 Å². The molecule has 1 heterocycles. The molecule has 0 bridgehead atoms. The van der Waals surface area contributed by atoms with E-state index in [1.807, 2.05) is 0 Å². The normalized spacial score (nSPS) is 12.6. The molecule has 1 aromatic carbocycles.